The van der Waals surface area contributed by atoms with E-state index >= 15 is 0 Å². The highest BCUT2D eigenvalue weighted by atomic mass is 16.4. The molecule has 0 atom stereocenters. The van der Waals surface area contributed by atoms with E-state index in [-0.39, 0.29) is 25.4 Å². The SMILES string of the molecule is CCCNC(=O)CCNC(=O)NCC(C)(C)C(=O)O. The van der Waals surface area contributed by atoms with Crippen molar-refractivity contribution in [2.75, 3.05) is 19.6 Å². The van der Waals surface area contributed by atoms with Gasteiger partial charge in [0, 0.05) is 26.1 Å². The molecule has 0 aliphatic heterocycles. The van der Waals surface area contributed by atoms with E-state index < -0.39 is 17.4 Å². The van der Waals surface area contributed by atoms with Crippen LogP contribution in [0.1, 0.15) is 33.6 Å². The molecular formula is C12H23N3O4. The van der Waals surface area contributed by atoms with Crippen LogP contribution in [-0.4, -0.2) is 42.6 Å². The van der Waals surface area contributed by atoms with Crippen molar-refractivity contribution in [2.24, 2.45) is 5.41 Å². The molecule has 0 heterocycles. The summed E-state index contributed by atoms with van der Waals surface area (Å²) >= 11 is 0. The van der Waals surface area contributed by atoms with Crippen LogP contribution in [0, 0.1) is 5.41 Å². The molecule has 0 bridgehead atoms. The lowest BCUT2D eigenvalue weighted by molar-refractivity contribution is -0.146. The summed E-state index contributed by atoms with van der Waals surface area (Å²) in [5, 5.41) is 16.5. The van der Waals surface area contributed by atoms with Crippen LogP contribution in [0.4, 0.5) is 4.79 Å². The Morgan fingerprint density at radius 2 is 1.68 bits per heavy atom. The number of urea groups is 1. The summed E-state index contributed by atoms with van der Waals surface area (Å²) in [6.07, 6.45) is 1.07. The first-order valence-corrected chi connectivity index (χ1v) is 6.31. The molecule has 0 aromatic heterocycles. The fourth-order valence-corrected chi connectivity index (χ4v) is 1.08. The molecule has 0 fully saturated rings. The predicted molar refractivity (Wildman–Crippen MR) is 70.7 cm³/mol. The van der Waals surface area contributed by atoms with Crippen LogP contribution >= 0.6 is 0 Å². The summed E-state index contributed by atoms with van der Waals surface area (Å²) in [6, 6.07) is -0.474. The van der Waals surface area contributed by atoms with Crippen LogP contribution in [0.15, 0.2) is 0 Å². The van der Waals surface area contributed by atoms with Gasteiger partial charge in [0.1, 0.15) is 0 Å². The van der Waals surface area contributed by atoms with Crippen molar-refractivity contribution in [2.45, 2.75) is 33.6 Å². The van der Waals surface area contributed by atoms with E-state index in [2.05, 4.69) is 16.0 Å². The number of rotatable bonds is 8. The molecule has 0 saturated heterocycles. The van der Waals surface area contributed by atoms with Gasteiger partial charge >= 0.3 is 12.0 Å². The molecule has 7 nitrogen and oxygen atoms in total. The lowest BCUT2D eigenvalue weighted by atomic mass is 9.94. The highest BCUT2D eigenvalue weighted by Crippen LogP contribution is 2.12. The second kappa shape index (κ2) is 8.34. The van der Waals surface area contributed by atoms with Crippen molar-refractivity contribution < 1.29 is 19.5 Å². The maximum absolute atomic E-state index is 11.4. The summed E-state index contributed by atoms with van der Waals surface area (Å²) in [6.45, 7) is 5.86. The second-order valence-corrected chi connectivity index (χ2v) is 4.90. The van der Waals surface area contributed by atoms with Gasteiger partial charge in [0.05, 0.1) is 5.41 Å². The molecule has 110 valence electrons. The minimum atomic E-state index is -1.02. The maximum Gasteiger partial charge on any atom is 0.314 e. The van der Waals surface area contributed by atoms with Crippen LogP contribution in [0.3, 0.4) is 0 Å². The molecule has 7 heteroatoms. The number of carbonyl (C=O) groups excluding carboxylic acids is 2. The van der Waals surface area contributed by atoms with Crippen molar-refractivity contribution in [3.8, 4) is 0 Å². The first-order valence-electron chi connectivity index (χ1n) is 6.31. The Balaban J connectivity index is 3.77. The number of carbonyl (C=O) groups is 3. The summed E-state index contributed by atoms with van der Waals surface area (Å²) in [5.41, 5.74) is -1.02. The first-order chi connectivity index (χ1) is 8.79. The second-order valence-electron chi connectivity index (χ2n) is 4.90. The molecule has 0 aliphatic carbocycles. The topological polar surface area (TPSA) is 108 Å². The van der Waals surface area contributed by atoms with Crippen molar-refractivity contribution in [3.63, 3.8) is 0 Å². The highest BCUT2D eigenvalue weighted by molar-refractivity contribution is 5.79. The van der Waals surface area contributed by atoms with Gasteiger partial charge in [0.15, 0.2) is 0 Å². The Bertz CT molecular complexity index is 329. The fourth-order valence-electron chi connectivity index (χ4n) is 1.08. The zero-order valence-corrected chi connectivity index (χ0v) is 11.7. The first kappa shape index (κ1) is 17.2. The van der Waals surface area contributed by atoms with E-state index in [0.717, 1.165) is 6.42 Å². The summed E-state index contributed by atoms with van der Waals surface area (Å²) in [4.78, 5) is 33.4. The Kier molecular flexibility index (Phi) is 7.55. The number of carboxylic acids is 1. The Morgan fingerprint density at radius 3 is 2.21 bits per heavy atom. The molecule has 0 saturated carbocycles. The number of aliphatic carboxylic acids is 1. The number of hydrogen-bond donors (Lipinski definition) is 4. The van der Waals surface area contributed by atoms with Gasteiger partial charge in [0.2, 0.25) is 5.91 Å². The molecule has 3 amide bonds. The minimum absolute atomic E-state index is 0.0240. The number of hydrogen-bond acceptors (Lipinski definition) is 3. The van der Waals surface area contributed by atoms with Gasteiger partial charge in [-0.05, 0) is 20.3 Å². The number of nitrogens with one attached hydrogen (secondary N) is 3. The van der Waals surface area contributed by atoms with Gasteiger partial charge in [-0.25, -0.2) is 4.79 Å². The third kappa shape index (κ3) is 8.01. The van der Waals surface area contributed by atoms with Gasteiger partial charge in [-0.3, -0.25) is 9.59 Å². The van der Waals surface area contributed by atoms with Crippen LogP contribution in [0.25, 0.3) is 0 Å². The van der Waals surface area contributed by atoms with E-state index in [4.69, 9.17) is 5.11 Å². The lowest BCUT2D eigenvalue weighted by Gasteiger charge is -2.19. The number of amides is 3. The molecule has 19 heavy (non-hydrogen) atoms. The average molecular weight is 273 g/mol. The predicted octanol–water partition coefficient (Wildman–Crippen LogP) is 0.313. The van der Waals surface area contributed by atoms with Crippen LogP contribution in [-0.2, 0) is 9.59 Å². The molecule has 0 aliphatic rings. The summed E-state index contributed by atoms with van der Waals surface area (Å²) < 4.78 is 0. The molecular weight excluding hydrogens is 250 g/mol. The summed E-state index contributed by atoms with van der Waals surface area (Å²) in [5.74, 6) is -1.10. The smallest absolute Gasteiger partial charge is 0.314 e. The normalized spacial score (nSPS) is 10.7. The third-order valence-electron chi connectivity index (χ3n) is 2.48. The number of carboxylic acid groups (broad SMARTS) is 1. The molecule has 0 unspecified atom stereocenters. The molecule has 4 N–H and O–H groups in total. The zero-order valence-electron chi connectivity index (χ0n) is 11.7. The van der Waals surface area contributed by atoms with Gasteiger partial charge in [-0.2, -0.15) is 0 Å². The standard InChI is InChI=1S/C12H23N3O4/c1-4-6-13-9(16)5-7-14-11(19)15-8-12(2,3)10(17)18/h4-8H2,1-3H3,(H,13,16)(H,17,18)(H2,14,15,19). The summed E-state index contributed by atoms with van der Waals surface area (Å²) in [7, 11) is 0. The van der Waals surface area contributed by atoms with Crippen LogP contribution in [0.5, 0.6) is 0 Å². The van der Waals surface area contributed by atoms with E-state index in [0.29, 0.717) is 6.54 Å². The van der Waals surface area contributed by atoms with Gasteiger partial charge in [-0.15, -0.1) is 0 Å². The van der Waals surface area contributed by atoms with Gasteiger partial charge < -0.3 is 21.1 Å². The molecule has 0 radical (unpaired) electrons. The zero-order chi connectivity index (χ0) is 14.9. The van der Waals surface area contributed by atoms with Crippen LogP contribution < -0.4 is 16.0 Å². The molecule has 0 spiro atoms. The maximum atomic E-state index is 11.4. The van der Waals surface area contributed by atoms with E-state index in [1.165, 1.54) is 13.8 Å². The minimum Gasteiger partial charge on any atom is -0.481 e. The van der Waals surface area contributed by atoms with Gasteiger partial charge in [0.25, 0.3) is 0 Å². The Labute approximate surface area is 113 Å². The third-order valence-corrected chi connectivity index (χ3v) is 2.48. The Morgan fingerprint density at radius 1 is 1.05 bits per heavy atom. The van der Waals surface area contributed by atoms with Crippen molar-refractivity contribution in [1.29, 1.82) is 0 Å². The van der Waals surface area contributed by atoms with Crippen LogP contribution in [0.2, 0.25) is 0 Å². The van der Waals surface area contributed by atoms with Crippen molar-refractivity contribution in [3.05, 3.63) is 0 Å². The Hall–Kier alpha value is -1.79. The van der Waals surface area contributed by atoms with E-state index in [1.54, 1.807) is 0 Å². The van der Waals surface area contributed by atoms with E-state index in [9.17, 15) is 14.4 Å². The monoisotopic (exact) mass is 273 g/mol. The van der Waals surface area contributed by atoms with Gasteiger partial charge in [-0.1, -0.05) is 6.92 Å². The molecule has 0 aromatic carbocycles. The highest BCUT2D eigenvalue weighted by Gasteiger charge is 2.27. The van der Waals surface area contributed by atoms with E-state index in [1.807, 2.05) is 6.92 Å². The largest absolute Gasteiger partial charge is 0.481 e. The van der Waals surface area contributed by atoms with Crippen molar-refractivity contribution >= 4 is 17.9 Å². The lowest BCUT2D eigenvalue weighted by Crippen LogP contribution is -2.44. The fraction of sp³-hybridized carbons (Fsp3) is 0.750. The quantitative estimate of drug-likeness (QED) is 0.510. The molecule has 0 aromatic rings. The molecule has 0 rings (SSSR count). The average Bonchev–Trinajstić information content (AvgIpc) is 2.33. The van der Waals surface area contributed by atoms with Crippen molar-refractivity contribution in [1.82, 2.24) is 16.0 Å².